The predicted molar refractivity (Wildman–Crippen MR) is 68.5 cm³/mol. The summed E-state index contributed by atoms with van der Waals surface area (Å²) in [5.74, 6) is 0. The lowest BCUT2D eigenvalue weighted by Gasteiger charge is -2.16. The minimum absolute atomic E-state index is 0.133. The van der Waals surface area contributed by atoms with Crippen molar-refractivity contribution in [3.05, 3.63) is 21.5 Å². The van der Waals surface area contributed by atoms with Gasteiger partial charge in [-0.15, -0.1) is 0 Å². The molecule has 0 spiro atoms. The van der Waals surface area contributed by atoms with Crippen LogP contribution in [0.15, 0.2) is 11.1 Å². The molecule has 5 N–H and O–H groups in total. The molecule has 1 saturated heterocycles. The molecule has 1 fully saturated rings. The Morgan fingerprint density at radius 3 is 2.80 bits per heavy atom. The molecule has 0 aromatic carbocycles. The van der Waals surface area contributed by atoms with Crippen molar-refractivity contribution in [2.24, 2.45) is 0 Å². The minimum Gasteiger partial charge on any atom is -0.394 e. The molecule has 0 amide bonds. The Balaban J connectivity index is 2.12. The summed E-state index contributed by atoms with van der Waals surface area (Å²) < 4.78 is 6.78. The van der Waals surface area contributed by atoms with E-state index in [9.17, 15) is 15.0 Å². The molecule has 0 radical (unpaired) electrons. The number of aromatic nitrogens is 4. The van der Waals surface area contributed by atoms with Gasteiger partial charge in [-0.25, -0.2) is 4.98 Å². The molecule has 0 saturated carbocycles. The van der Waals surface area contributed by atoms with Gasteiger partial charge in [0.1, 0.15) is 18.3 Å². The fourth-order valence-electron chi connectivity index (χ4n) is 2.28. The number of aromatic amines is 2. The van der Waals surface area contributed by atoms with Crippen molar-refractivity contribution in [3.8, 4) is 0 Å². The van der Waals surface area contributed by atoms with Crippen molar-refractivity contribution < 1.29 is 20.1 Å². The Bertz CT molecular complexity index is 752. The molecule has 3 heterocycles. The first-order valence-electron chi connectivity index (χ1n) is 5.84. The normalized spacial score (nSPS) is 30.1. The molecule has 4 atom stereocenters. The van der Waals surface area contributed by atoms with Crippen LogP contribution in [-0.2, 0) is 4.74 Å². The van der Waals surface area contributed by atoms with E-state index in [1.807, 2.05) is 0 Å². The highest BCUT2D eigenvalue weighted by Gasteiger charge is 2.43. The number of hydrogen-bond donors (Lipinski definition) is 5. The molecule has 0 bridgehead atoms. The Morgan fingerprint density at radius 2 is 2.15 bits per heavy atom. The fraction of sp³-hybridized carbons (Fsp3) is 0.500. The highest BCUT2D eigenvalue weighted by atomic mass is 32.1. The summed E-state index contributed by atoms with van der Waals surface area (Å²) in [5, 5.41) is 28.8. The lowest BCUT2D eigenvalue weighted by molar-refractivity contribution is -0.0509. The molecule has 2 aromatic heterocycles. The molecule has 3 rings (SSSR count). The number of ether oxygens (including phenoxy) is 1. The van der Waals surface area contributed by atoms with E-state index in [2.05, 4.69) is 15.0 Å². The number of hydrogen-bond acceptors (Lipinski definition) is 7. The zero-order chi connectivity index (χ0) is 14.4. The summed E-state index contributed by atoms with van der Waals surface area (Å²) in [4.78, 5) is 21.0. The van der Waals surface area contributed by atoms with Gasteiger partial charge in [-0.3, -0.25) is 14.3 Å². The van der Waals surface area contributed by atoms with Gasteiger partial charge in [-0.1, -0.05) is 0 Å². The highest BCUT2D eigenvalue weighted by molar-refractivity contribution is 7.71. The third-order valence-corrected chi connectivity index (χ3v) is 3.46. The Morgan fingerprint density at radius 1 is 1.40 bits per heavy atom. The summed E-state index contributed by atoms with van der Waals surface area (Å²) >= 11 is 4.84. The summed E-state index contributed by atoms with van der Waals surface area (Å²) in [7, 11) is 0. The van der Waals surface area contributed by atoms with E-state index >= 15 is 0 Å². The van der Waals surface area contributed by atoms with Crippen LogP contribution in [-0.4, -0.2) is 59.8 Å². The first-order valence-corrected chi connectivity index (χ1v) is 6.25. The molecular weight excluding hydrogens is 288 g/mol. The van der Waals surface area contributed by atoms with Gasteiger partial charge in [0.15, 0.2) is 22.2 Å². The van der Waals surface area contributed by atoms with Crippen LogP contribution >= 0.6 is 12.2 Å². The van der Waals surface area contributed by atoms with Gasteiger partial charge in [0.2, 0.25) is 0 Å². The van der Waals surface area contributed by atoms with Crippen molar-refractivity contribution in [2.75, 3.05) is 6.61 Å². The predicted octanol–water partition coefficient (Wildman–Crippen LogP) is -1.61. The number of fused-ring (bicyclic) bond motifs is 1. The summed E-state index contributed by atoms with van der Waals surface area (Å²) in [6, 6.07) is 0. The second-order valence-electron chi connectivity index (χ2n) is 4.49. The minimum atomic E-state index is -1.29. The zero-order valence-electron chi connectivity index (χ0n) is 10.1. The summed E-state index contributed by atoms with van der Waals surface area (Å²) in [6.45, 7) is -0.444. The lowest BCUT2D eigenvalue weighted by Crippen LogP contribution is -2.33. The van der Waals surface area contributed by atoms with Crippen LogP contribution in [0.3, 0.4) is 0 Å². The second kappa shape index (κ2) is 4.75. The molecule has 9 nitrogen and oxygen atoms in total. The molecule has 1 aliphatic rings. The standard InChI is InChI=1S/C10H12N4O5S/c15-1-3-5(16)6(17)9(19-3)14-2-11-7-4(14)8(18)13-10(20)12-7/h2-3,5-6,9,15-17H,1H2,(H2,12,13,18,20)/t3-,5+,6+,9+/m0/s1. The largest absolute Gasteiger partial charge is 0.394 e. The van der Waals surface area contributed by atoms with E-state index in [0.717, 1.165) is 0 Å². The molecule has 10 heteroatoms. The number of aliphatic hydroxyl groups excluding tert-OH is 3. The highest BCUT2D eigenvalue weighted by Crippen LogP contribution is 2.30. The topological polar surface area (TPSA) is 136 Å². The number of nitrogens with one attached hydrogen (secondary N) is 2. The van der Waals surface area contributed by atoms with Gasteiger partial charge < -0.3 is 25.0 Å². The van der Waals surface area contributed by atoms with Crippen LogP contribution in [0.2, 0.25) is 0 Å². The number of aliphatic hydroxyl groups is 3. The summed E-state index contributed by atoms with van der Waals surface area (Å²) in [6.07, 6.45) is -3.17. The number of nitrogens with zero attached hydrogens (tertiary/aromatic N) is 2. The average Bonchev–Trinajstić information content (AvgIpc) is 2.93. The zero-order valence-corrected chi connectivity index (χ0v) is 10.9. The van der Waals surface area contributed by atoms with Crippen molar-refractivity contribution in [3.63, 3.8) is 0 Å². The summed E-state index contributed by atoms with van der Waals surface area (Å²) in [5.41, 5.74) is -0.107. The number of rotatable bonds is 2. The maximum Gasteiger partial charge on any atom is 0.278 e. The third-order valence-electron chi connectivity index (χ3n) is 3.26. The first kappa shape index (κ1) is 13.4. The Labute approximate surface area is 116 Å². The molecule has 108 valence electrons. The van der Waals surface area contributed by atoms with E-state index in [1.165, 1.54) is 10.9 Å². The monoisotopic (exact) mass is 300 g/mol. The fourth-order valence-corrected chi connectivity index (χ4v) is 2.47. The molecular formula is C10H12N4O5S. The molecule has 1 aliphatic heterocycles. The molecule has 2 aromatic rings. The van der Waals surface area contributed by atoms with E-state index in [0.29, 0.717) is 0 Å². The second-order valence-corrected chi connectivity index (χ2v) is 4.89. The van der Waals surface area contributed by atoms with E-state index in [4.69, 9.17) is 22.1 Å². The van der Waals surface area contributed by atoms with E-state index < -0.39 is 36.7 Å². The van der Waals surface area contributed by atoms with Crippen LogP contribution < -0.4 is 5.56 Å². The average molecular weight is 300 g/mol. The van der Waals surface area contributed by atoms with Crippen LogP contribution in [0.5, 0.6) is 0 Å². The van der Waals surface area contributed by atoms with Crippen LogP contribution in [0.1, 0.15) is 6.23 Å². The SMILES string of the molecule is O=c1[nH]c(=S)[nH]c2ncn([C@@H]3O[C@@H](CO)[C@@H](O)[C@H]3O)c12. The van der Waals surface area contributed by atoms with Gasteiger partial charge in [0.05, 0.1) is 12.9 Å². The van der Waals surface area contributed by atoms with Gasteiger partial charge in [-0.05, 0) is 12.2 Å². The quantitative estimate of drug-likeness (QED) is 0.421. The van der Waals surface area contributed by atoms with Crippen LogP contribution in [0, 0.1) is 4.77 Å². The number of imidazole rings is 1. The van der Waals surface area contributed by atoms with Gasteiger partial charge in [0.25, 0.3) is 5.56 Å². The van der Waals surface area contributed by atoms with Gasteiger partial charge in [0, 0.05) is 0 Å². The van der Waals surface area contributed by atoms with Crippen molar-refractivity contribution in [1.82, 2.24) is 19.5 Å². The maximum absolute atomic E-state index is 11.9. The van der Waals surface area contributed by atoms with E-state index in [-0.39, 0.29) is 15.9 Å². The molecule has 0 aliphatic carbocycles. The number of H-pyrrole nitrogens is 2. The van der Waals surface area contributed by atoms with Crippen molar-refractivity contribution in [2.45, 2.75) is 24.5 Å². The Hall–Kier alpha value is -1.59. The molecule has 20 heavy (non-hydrogen) atoms. The van der Waals surface area contributed by atoms with Crippen molar-refractivity contribution >= 4 is 23.4 Å². The Kier molecular flexibility index (Phi) is 3.18. The van der Waals surface area contributed by atoms with Gasteiger partial charge >= 0.3 is 0 Å². The van der Waals surface area contributed by atoms with Crippen LogP contribution in [0.25, 0.3) is 11.2 Å². The third kappa shape index (κ3) is 1.89. The van der Waals surface area contributed by atoms with Crippen LogP contribution in [0.4, 0.5) is 0 Å². The van der Waals surface area contributed by atoms with E-state index in [1.54, 1.807) is 0 Å². The van der Waals surface area contributed by atoms with Crippen molar-refractivity contribution in [1.29, 1.82) is 0 Å². The first-order chi connectivity index (χ1) is 9.52. The lowest BCUT2D eigenvalue weighted by atomic mass is 10.1. The molecule has 0 unspecified atom stereocenters. The van der Waals surface area contributed by atoms with Gasteiger partial charge in [-0.2, -0.15) is 0 Å². The maximum atomic E-state index is 11.9. The smallest absolute Gasteiger partial charge is 0.278 e.